The highest BCUT2D eigenvalue weighted by atomic mass is 16.5. The minimum absolute atomic E-state index is 0.158. The molecule has 0 aromatic carbocycles. The summed E-state index contributed by atoms with van der Waals surface area (Å²) in [6.45, 7) is 0.874. The summed E-state index contributed by atoms with van der Waals surface area (Å²) in [5.74, 6) is 0.538. The molecular formula is C14H20N2O. The van der Waals surface area contributed by atoms with E-state index in [1.807, 2.05) is 12.3 Å². The first-order valence-corrected chi connectivity index (χ1v) is 6.62. The van der Waals surface area contributed by atoms with Gasteiger partial charge in [-0.15, -0.1) is 0 Å². The standard InChI is InChI=1S/C14H20N2O/c15-13-3-7-16-10-12(13)11-4-8-17-14(9-11)5-1-2-6-14/h3,7,10-11H,1-2,4-6,8-9H2,(H2,15,16). The maximum Gasteiger partial charge on any atom is 0.0688 e. The minimum Gasteiger partial charge on any atom is -0.398 e. The Morgan fingerprint density at radius 2 is 2.18 bits per heavy atom. The molecule has 3 heteroatoms. The van der Waals surface area contributed by atoms with Gasteiger partial charge in [0.1, 0.15) is 0 Å². The topological polar surface area (TPSA) is 48.1 Å². The van der Waals surface area contributed by atoms with Crippen LogP contribution >= 0.6 is 0 Å². The van der Waals surface area contributed by atoms with E-state index in [-0.39, 0.29) is 5.60 Å². The highest BCUT2D eigenvalue weighted by Gasteiger charge is 2.40. The number of hydrogen-bond acceptors (Lipinski definition) is 3. The minimum atomic E-state index is 0.158. The number of rotatable bonds is 1. The normalized spacial score (nSPS) is 27.4. The maximum atomic E-state index is 6.06. The van der Waals surface area contributed by atoms with Crippen molar-refractivity contribution in [3.05, 3.63) is 24.0 Å². The van der Waals surface area contributed by atoms with Gasteiger partial charge in [0.2, 0.25) is 0 Å². The molecule has 1 spiro atoms. The number of nitrogen functional groups attached to an aromatic ring is 1. The Balaban J connectivity index is 1.82. The Morgan fingerprint density at radius 1 is 1.35 bits per heavy atom. The molecule has 2 N–H and O–H groups in total. The molecule has 2 aliphatic rings. The van der Waals surface area contributed by atoms with E-state index in [2.05, 4.69) is 4.98 Å². The lowest BCUT2D eigenvalue weighted by Gasteiger charge is -2.38. The molecule has 3 rings (SSSR count). The van der Waals surface area contributed by atoms with E-state index in [0.29, 0.717) is 5.92 Å². The maximum absolute atomic E-state index is 6.06. The summed E-state index contributed by atoms with van der Waals surface area (Å²) in [5.41, 5.74) is 8.33. The molecule has 0 radical (unpaired) electrons. The van der Waals surface area contributed by atoms with E-state index in [9.17, 15) is 0 Å². The molecule has 1 unspecified atom stereocenters. The van der Waals surface area contributed by atoms with Crippen LogP contribution in [-0.2, 0) is 4.74 Å². The lowest BCUT2D eigenvalue weighted by Crippen LogP contribution is -2.36. The summed E-state index contributed by atoms with van der Waals surface area (Å²) < 4.78 is 6.06. The second-order valence-electron chi connectivity index (χ2n) is 5.43. The number of ether oxygens (including phenoxy) is 1. The van der Waals surface area contributed by atoms with Gasteiger partial charge in [0.25, 0.3) is 0 Å². The molecule has 1 atom stereocenters. The van der Waals surface area contributed by atoms with E-state index in [1.165, 1.54) is 31.2 Å². The third-order valence-electron chi connectivity index (χ3n) is 4.33. The molecular weight excluding hydrogens is 212 g/mol. The van der Waals surface area contributed by atoms with Crippen LogP contribution in [0.4, 0.5) is 5.69 Å². The average Bonchev–Trinajstić information content (AvgIpc) is 2.78. The number of pyridine rings is 1. The average molecular weight is 232 g/mol. The van der Waals surface area contributed by atoms with Gasteiger partial charge in [-0.1, -0.05) is 12.8 Å². The van der Waals surface area contributed by atoms with Crippen molar-refractivity contribution in [2.75, 3.05) is 12.3 Å². The molecule has 1 aromatic rings. The molecule has 1 aromatic heterocycles. The lowest BCUT2D eigenvalue weighted by molar-refractivity contribution is -0.0804. The van der Waals surface area contributed by atoms with Crippen LogP contribution in [0.1, 0.15) is 50.0 Å². The van der Waals surface area contributed by atoms with Gasteiger partial charge in [-0.3, -0.25) is 4.98 Å². The van der Waals surface area contributed by atoms with Gasteiger partial charge in [-0.2, -0.15) is 0 Å². The van der Waals surface area contributed by atoms with Crippen LogP contribution in [0.3, 0.4) is 0 Å². The number of aromatic nitrogens is 1. The second kappa shape index (κ2) is 4.30. The molecule has 1 aliphatic carbocycles. The predicted molar refractivity (Wildman–Crippen MR) is 67.8 cm³/mol. The van der Waals surface area contributed by atoms with Gasteiger partial charge in [-0.05, 0) is 43.2 Å². The molecule has 2 heterocycles. The van der Waals surface area contributed by atoms with E-state index in [4.69, 9.17) is 10.5 Å². The fraction of sp³-hybridized carbons (Fsp3) is 0.643. The zero-order chi connectivity index (χ0) is 11.7. The Labute approximate surface area is 102 Å². The number of nitrogens with zero attached hydrogens (tertiary/aromatic N) is 1. The van der Waals surface area contributed by atoms with Crippen molar-refractivity contribution in [2.24, 2.45) is 0 Å². The van der Waals surface area contributed by atoms with Crippen LogP contribution in [0.25, 0.3) is 0 Å². The van der Waals surface area contributed by atoms with Crippen molar-refractivity contribution in [3.63, 3.8) is 0 Å². The summed E-state index contributed by atoms with van der Waals surface area (Å²) in [6.07, 6.45) is 11.0. The highest BCUT2D eigenvalue weighted by molar-refractivity contribution is 5.46. The molecule has 3 nitrogen and oxygen atoms in total. The van der Waals surface area contributed by atoms with Crippen LogP contribution in [0.5, 0.6) is 0 Å². The number of nitrogens with two attached hydrogens (primary N) is 1. The first-order chi connectivity index (χ1) is 8.29. The van der Waals surface area contributed by atoms with E-state index < -0.39 is 0 Å². The highest BCUT2D eigenvalue weighted by Crippen LogP contribution is 2.45. The monoisotopic (exact) mass is 232 g/mol. The van der Waals surface area contributed by atoms with Gasteiger partial charge < -0.3 is 10.5 Å². The van der Waals surface area contributed by atoms with Crippen LogP contribution in [0.2, 0.25) is 0 Å². The summed E-state index contributed by atoms with van der Waals surface area (Å²) in [6, 6.07) is 1.91. The van der Waals surface area contributed by atoms with Crippen molar-refractivity contribution in [2.45, 2.75) is 50.0 Å². The SMILES string of the molecule is Nc1ccncc1C1CCOC2(CCCC2)C1. The molecule has 0 bridgehead atoms. The number of hydrogen-bond donors (Lipinski definition) is 1. The molecule has 1 saturated carbocycles. The predicted octanol–water partition coefficient (Wildman–Crippen LogP) is 2.87. The van der Waals surface area contributed by atoms with Crippen LogP contribution in [0.15, 0.2) is 18.5 Å². The first kappa shape index (κ1) is 11.0. The van der Waals surface area contributed by atoms with Gasteiger partial charge in [0, 0.05) is 24.7 Å². The lowest BCUT2D eigenvalue weighted by atomic mass is 9.81. The zero-order valence-electron chi connectivity index (χ0n) is 10.2. The molecule has 1 saturated heterocycles. The first-order valence-electron chi connectivity index (χ1n) is 6.62. The molecule has 17 heavy (non-hydrogen) atoms. The molecule has 92 valence electrons. The fourth-order valence-corrected chi connectivity index (χ4v) is 3.42. The Kier molecular flexibility index (Phi) is 2.79. The fourth-order valence-electron chi connectivity index (χ4n) is 3.42. The second-order valence-corrected chi connectivity index (χ2v) is 5.43. The largest absolute Gasteiger partial charge is 0.398 e. The molecule has 2 fully saturated rings. The summed E-state index contributed by atoms with van der Waals surface area (Å²) in [4.78, 5) is 4.21. The Bertz CT molecular complexity index is 399. The van der Waals surface area contributed by atoms with Crippen molar-refractivity contribution < 1.29 is 4.74 Å². The summed E-state index contributed by atoms with van der Waals surface area (Å²) in [5, 5.41) is 0. The third kappa shape index (κ3) is 2.04. The van der Waals surface area contributed by atoms with E-state index in [0.717, 1.165) is 25.1 Å². The van der Waals surface area contributed by atoms with Gasteiger partial charge in [0.15, 0.2) is 0 Å². The Morgan fingerprint density at radius 3 is 2.94 bits per heavy atom. The smallest absolute Gasteiger partial charge is 0.0688 e. The van der Waals surface area contributed by atoms with Gasteiger partial charge in [0.05, 0.1) is 5.60 Å². The van der Waals surface area contributed by atoms with Crippen molar-refractivity contribution in [1.82, 2.24) is 4.98 Å². The van der Waals surface area contributed by atoms with Crippen molar-refractivity contribution in [3.8, 4) is 0 Å². The quantitative estimate of drug-likeness (QED) is 0.810. The Hall–Kier alpha value is -1.09. The molecule has 1 aliphatic heterocycles. The number of anilines is 1. The van der Waals surface area contributed by atoms with Crippen molar-refractivity contribution >= 4 is 5.69 Å². The third-order valence-corrected chi connectivity index (χ3v) is 4.33. The van der Waals surface area contributed by atoms with Crippen LogP contribution in [0, 0.1) is 0 Å². The van der Waals surface area contributed by atoms with E-state index in [1.54, 1.807) is 6.20 Å². The van der Waals surface area contributed by atoms with Crippen LogP contribution in [-0.4, -0.2) is 17.2 Å². The van der Waals surface area contributed by atoms with Crippen molar-refractivity contribution in [1.29, 1.82) is 0 Å². The zero-order valence-corrected chi connectivity index (χ0v) is 10.2. The summed E-state index contributed by atoms with van der Waals surface area (Å²) in [7, 11) is 0. The summed E-state index contributed by atoms with van der Waals surface area (Å²) >= 11 is 0. The van der Waals surface area contributed by atoms with E-state index >= 15 is 0 Å². The van der Waals surface area contributed by atoms with Crippen LogP contribution < -0.4 is 5.73 Å². The van der Waals surface area contributed by atoms with Gasteiger partial charge >= 0.3 is 0 Å². The molecule has 0 amide bonds. The van der Waals surface area contributed by atoms with Gasteiger partial charge in [-0.25, -0.2) is 0 Å².